The van der Waals surface area contributed by atoms with Gasteiger partial charge in [0.2, 0.25) is 5.91 Å². The molecule has 2 fully saturated rings. The molecule has 4 heteroatoms. The monoisotopic (exact) mass is 211 g/mol. The minimum absolute atomic E-state index is 0.192. The van der Waals surface area contributed by atoms with E-state index in [1.807, 2.05) is 0 Å². The lowest BCUT2D eigenvalue weighted by atomic mass is 10.0. The molecule has 2 N–H and O–H groups in total. The minimum atomic E-state index is 0.192. The molecule has 1 unspecified atom stereocenters. The fraction of sp³-hybridized carbons (Fsp3) is 0.909. The maximum atomic E-state index is 11.3. The van der Waals surface area contributed by atoms with Gasteiger partial charge < -0.3 is 10.6 Å². The third-order valence-corrected chi connectivity index (χ3v) is 3.36. The number of amides is 1. The predicted octanol–water partition coefficient (Wildman–Crippen LogP) is -0.192. The average molecular weight is 211 g/mol. The number of hydrogen-bond donors (Lipinski definition) is 2. The molecule has 1 amide bonds. The van der Waals surface area contributed by atoms with Gasteiger partial charge in [-0.3, -0.25) is 9.69 Å². The van der Waals surface area contributed by atoms with Gasteiger partial charge in [0.15, 0.2) is 0 Å². The summed E-state index contributed by atoms with van der Waals surface area (Å²) < 4.78 is 0. The van der Waals surface area contributed by atoms with E-state index in [-0.39, 0.29) is 5.91 Å². The van der Waals surface area contributed by atoms with Crippen LogP contribution in [0.15, 0.2) is 0 Å². The van der Waals surface area contributed by atoms with Crippen molar-refractivity contribution in [3.05, 3.63) is 0 Å². The Hall–Kier alpha value is -0.610. The van der Waals surface area contributed by atoms with E-state index in [4.69, 9.17) is 0 Å². The van der Waals surface area contributed by atoms with E-state index in [1.54, 1.807) is 0 Å². The van der Waals surface area contributed by atoms with E-state index in [9.17, 15) is 4.79 Å². The van der Waals surface area contributed by atoms with E-state index in [1.165, 1.54) is 25.9 Å². The number of hydrogen-bond acceptors (Lipinski definition) is 3. The molecule has 0 aromatic rings. The van der Waals surface area contributed by atoms with Crippen LogP contribution in [-0.2, 0) is 4.79 Å². The molecule has 2 aliphatic heterocycles. The Balaban J connectivity index is 1.70. The normalized spacial score (nSPS) is 28.8. The molecule has 0 bridgehead atoms. The number of carbonyl (C=O) groups excluding carboxylic acids is 1. The fourth-order valence-corrected chi connectivity index (χ4v) is 2.39. The first-order chi connectivity index (χ1) is 7.34. The van der Waals surface area contributed by atoms with Gasteiger partial charge in [-0.05, 0) is 44.8 Å². The molecule has 1 atom stereocenters. The van der Waals surface area contributed by atoms with Gasteiger partial charge >= 0.3 is 0 Å². The summed E-state index contributed by atoms with van der Waals surface area (Å²) >= 11 is 0. The summed E-state index contributed by atoms with van der Waals surface area (Å²) in [6.07, 6.45) is 3.63. The van der Waals surface area contributed by atoms with Crippen LogP contribution < -0.4 is 10.6 Å². The molecule has 0 aliphatic carbocycles. The Bertz CT molecular complexity index is 214. The van der Waals surface area contributed by atoms with Crippen molar-refractivity contribution in [3.63, 3.8) is 0 Å². The third kappa shape index (κ3) is 3.47. The lowest BCUT2D eigenvalue weighted by Crippen LogP contribution is -2.34. The van der Waals surface area contributed by atoms with Gasteiger partial charge in [0, 0.05) is 13.1 Å². The molecule has 0 aromatic carbocycles. The zero-order valence-electron chi connectivity index (χ0n) is 9.30. The highest BCUT2D eigenvalue weighted by molar-refractivity contribution is 5.78. The molecule has 86 valence electrons. The summed E-state index contributed by atoms with van der Waals surface area (Å²) in [5, 5.41) is 6.29. The highest BCUT2D eigenvalue weighted by Crippen LogP contribution is 2.13. The first kappa shape index (κ1) is 10.9. The van der Waals surface area contributed by atoms with Crippen LogP contribution in [0, 0.1) is 5.92 Å². The van der Waals surface area contributed by atoms with Crippen LogP contribution in [0.3, 0.4) is 0 Å². The summed E-state index contributed by atoms with van der Waals surface area (Å²) in [7, 11) is 0. The lowest BCUT2D eigenvalue weighted by Gasteiger charge is -2.20. The molecule has 2 heterocycles. The SMILES string of the molecule is O=C1CN(CCC2CCNC2)CCCN1. The summed E-state index contributed by atoms with van der Waals surface area (Å²) in [5.74, 6) is 1.02. The van der Waals surface area contributed by atoms with Crippen LogP contribution in [0.25, 0.3) is 0 Å². The number of nitrogens with zero attached hydrogens (tertiary/aromatic N) is 1. The predicted molar refractivity (Wildman–Crippen MR) is 59.7 cm³/mol. The van der Waals surface area contributed by atoms with E-state index in [0.717, 1.165) is 32.0 Å². The minimum Gasteiger partial charge on any atom is -0.355 e. The maximum Gasteiger partial charge on any atom is 0.234 e. The first-order valence-corrected chi connectivity index (χ1v) is 6.04. The molecule has 0 aromatic heterocycles. The molecule has 2 saturated heterocycles. The van der Waals surface area contributed by atoms with Crippen molar-refractivity contribution >= 4 is 5.91 Å². The van der Waals surface area contributed by atoms with Gasteiger partial charge in [-0.2, -0.15) is 0 Å². The van der Waals surface area contributed by atoms with Gasteiger partial charge in [-0.25, -0.2) is 0 Å². The maximum absolute atomic E-state index is 11.3. The van der Waals surface area contributed by atoms with Crippen molar-refractivity contribution in [2.45, 2.75) is 19.3 Å². The van der Waals surface area contributed by atoms with Crippen LogP contribution in [-0.4, -0.2) is 50.1 Å². The van der Waals surface area contributed by atoms with Crippen molar-refractivity contribution in [3.8, 4) is 0 Å². The molecular formula is C11H21N3O. The van der Waals surface area contributed by atoms with Gasteiger partial charge in [0.1, 0.15) is 0 Å². The summed E-state index contributed by atoms with van der Waals surface area (Å²) in [4.78, 5) is 13.6. The third-order valence-electron chi connectivity index (χ3n) is 3.36. The highest BCUT2D eigenvalue weighted by atomic mass is 16.2. The van der Waals surface area contributed by atoms with Crippen LogP contribution >= 0.6 is 0 Å². The molecule has 0 saturated carbocycles. The van der Waals surface area contributed by atoms with E-state index in [2.05, 4.69) is 15.5 Å². The second-order valence-electron chi connectivity index (χ2n) is 4.63. The topological polar surface area (TPSA) is 44.4 Å². The zero-order chi connectivity index (χ0) is 10.5. The number of nitrogens with one attached hydrogen (secondary N) is 2. The lowest BCUT2D eigenvalue weighted by molar-refractivity contribution is -0.121. The first-order valence-electron chi connectivity index (χ1n) is 6.04. The van der Waals surface area contributed by atoms with Crippen LogP contribution in [0.4, 0.5) is 0 Å². The molecular weight excluding hydrogens is 190 g/mol. The molecule has 0 spiro atoms. The molecule has 4 nitrogen and oxygen atoms in total. The van der Waals surface area contributed by atoms with Crippen LogP contribution in [0.2, 0.25) is 0 Å². The largest absolute Gasteiger partial charge is 0.355 e. The van der Waals surface area contributed by atoms with Crippen molar-refractivity contribution in [2.24, 2.45) is 5.92 Å². The van der Waals surface area contributed by atoms with Crippen LogP contribution in [0.1, 0.15) is 19.3 Å². The van der Waals surface area contributed by atoms with Gasteiger partial charge in [-0.15, -0.1) is 0 Å². The quantitative estimate of drug-likeness (QED) is 0.680. The van der Waals surface area contributed by atoms with E-state index in [0.29, 0.717) is 6.54 Å². The molecule has 15 heavy (non-hydrogen) atoms. The smallest absolute Gasteiger partial charge is 0.234 e. The van der Waals surface area contributed by atoms with Gasteiger partial charge in [-0.1, -0.05) is 0 Å². The van der Waals surface area contributed by atoms with E-state index < -0.39 is 0 Å². The van der Waals surface area contributed by atoms with Gasteiger partial charge in [0.25, 0.3) is 0 Å². The Labute approximate surface area is 91.4 Å². The highest BCUT2D eigenvalue weighted by Gasteiger charge is 2.18. The number of carbonyl (C=O) groups is 1. The second kappa shape index (κ2) is 5.47. The zero-order valence-corrected chi connectivity index (χ0v) is 9.30. The van der Waals surface area contributed by atoms with Crippen LogP contribution in [0.5, 0.6) is 0 Å². The summed E-state index contributed by atoms with van der Waals surface area (Å²) in [6.45, 7) is 5.93. The molecule has 2 rings (SSSR count). The van der Waals surface area contributed by atoms with Crippen molar-refractivity contribution in [1.82, 2.24) is 15.5 Å². The summed E-state index contributed by atoms with van der Waals surface area (Å²) in [5.41, 5.74) is 0. The van der Waals surface area contributed by atoms with Crippen molar-refractivity contribution in [2.75, 3.05) is 39.3 Å². The Morgan fingerprint density at radius 2 is 2.33 bits per heavy atom. The van der Waals surface area contributed by atoms with Crippen molar-refractivity contribution in [1.29, 1.82) is 0 Å². The summed E-state index contributed by atoms with van der Waals surface area (Å²) in [6, 6.07) is 0. The Morgan fingerprint density at radius 1 is 1.40 bits per heavy atom. The van der Waals surface area contributed by atoms with Gasteiger partial charge in [0.05, 0.1) is 6.54 Å². The van der Waals surface area contributed by atoms with E-state index >= 15 is 0 Å². The fourth-order valence-electron chi connectivity index (χ4n) is 2.39. The number of rotatable bonds is 3. The second-order valence-corrected chi connectivity index (χ2v) is 4.63. The molecule has 0 radical (unpaired) electrons. The Kier molecular flexibility index (Phi) is 3.97. The standard InChI is InChI=1S/C11H21N3O/c15-11-9-14(6-1-4-13-11)7-3-10-2-5-12-8-10/h10,12H,1-9H2,(H,13,15). The molecule has 2 aliphatic rings. The van der Waals surface area contributed by atoms with Crippen molar-refractivity contribution < 1.29 is 4.79 Å². The Morgan fingerprint density at radius 3 is 3.13 bits per heavy atom. The average Bonchev–Trinajstić information content (AvgIpc) is 2.65.